The van der Waals surface area contributed by atoms with Crippen LogP contribution in [0.1, 0.15) is 0 Å². The van der Waals surface area contributed by atoms with Gasteiger partial charge in [0.25, 0.3) is 0 Å². The fourth-order valence-corrected chi connectivity index (χ4v) is 13.0. The van der Waals surface area contributed by atoms with Crippen molar-refractivity contribution < 1.29 is 0 Å². The summed E-state index contributed by atoms with van der Waals surface area (Å²) in [5.74, 6) is 0. The van der Waals surface area contributed by atoms with Gasteiger partial charge in [0, 0.05) is 0 Å². The summed E-state index contributed by atoms with van der Waals surface area (Å²) in [6.07, 6.45) is 0. The van der Waals surface area contributed by atoms with Crippen molar-refractivity contribution in [3.8, 4) is 0 Å². The molecule has 3 aromatic carbocycles. The first-order chi connectivity index (χ1) is 9.82. The Bertz CT molecular complexity index is 569. The summed E-state index contributed by atoms with van der Waals surface area (Å²) in [6.45, 7) is 0. The van der Waals surface area contributed by atoms with Gasteiger partial charge in [0.2, 0.25) is 0 Å². The van der Waals surface area contributed by atoms with Crippen molar-refractivity contribution in [2.24, 2.45) is 0 Å². The standard InChI is InChI=1S/3C6H5.CH3.Li.Sn.H/c3*1-2-4-6-5-3-1;;;;/h3*1-5H;1H3;;;. The van der Waals surface area contributed by atoms with Crippen LogP contribution in [0.2, 0.25) is 4.94 Å². The van der Waals surface area contributed by atoms with Crippen LogP contribution >= 0.6 is 0 Å². The van der Waals surface area contributed by atoms with Gasteiger partial charge in [-0.05, 0) is 0 Å². The molecule has 21 heavy (non-hydrogen) atoms. The van der Waals surface area contributed by atoms with Crippen LogP contribution in [0.5, 0.6) is 0 Å². The Labute approximate surface area is 143 Å². The Morgan fingerprint density at radius 3 is 0.952 bits per heavy atom. The molecule has 0 atom stereocenters. The van der Waals surface area contributed by atoms with E-state index >= 15 is 0 Å². The van der Waals surface area contributed by atoms with Gasteiger partial charge in [0.15, 0.2) is 0 Å². The number of hydrogen-bond donors (Lipinski definition) is 0. The molecule has 0 saturated carbocycles. The maximum absolute atomic E-state index is 2.78. The molecule has 0 aliphatic rings. The fraction of sp³-hybridized carbons (Fsp3) is 0.0526. The second kappa shape index (κ2) is 7.36. The van der Waals surface area contributed by atoms with Crippen LogP contribution in [-0.2, 0) is 0 Å². The van der Waals surface area contributed by atoms with E-state index in [0.717, 1.165) is 0 Å². The van der Waals surface area contributed by atoms with E-state index in [4.69, 9.17) is 0 Å². The first kappa shape index (κ1) is 16.4. The molecule has 0 unspecified atom stereocenters. The van der Waals surface area contributed by atoms with E-state index in [2.05, 4.69) is 95.9 Å². The molecule has 3 aromatic rings. The van der Waals surface area contributed by atoms with Gasteiger partial charge in [-0.2, -0.15) is 0 Å². The van der Waals surface area contributed by atoms with E-state index in [1.54, 1.807) is 0 Å². The molecule has 2 heteroatoms. The molecule has 0 bridgehead atoms. The van der Waals surface area contributed by atoms with Gasteiger partial charge < -0.3 is 0 Å². The average Bonchev–Trinajstić information content (AvgIpc) is 2.56. The van der Waals surface area contributed by atoms with E-state index < -0.39 is 18.4 Å². The summed E-state index contributed by atoms with van der Waals surface area (Å²) in [6, 6.07) is 33.1. The molecule has 0 heterocycles. The maximum atomic E-state index is 2.51. The van der Waals surface area contributed by atoms with Crippen LogP contribution in [0.25, 0.3) is 0 Å². The van der Waals surface area contributed by atoms with Crippen molar-refractivity contribution in [2.45, 2.75) is 4.94 Å². The minimum atomic E-state index is -2.78. The second-order valence-corrected chi connectivity index (χ2v) is 16.6. The number of benzene rings is 3. The van der Waals surface area contributed by atoms with Gasteiger partial charge in [-0.3, -0.25) is 0 Å². The molecule has 0 N–H and O–H groups in total. The fourth-order valence-electron chi connectivity index (χ4n) is 2.81. The van der Waals surface area contributed by atoms with Crippen molar-refractivity contribution >= 4 is 48.0 Å². The van der Waals surface area contributed by atoms with Gasteiger partial charge in [-0.25, -0.2) is 0 Å². The summed E-state index contributed by atoms with van der Waals surface area (Å²) in [5.41, 5.74) is 0. The van der Waals surface area contributed by atoms with Gasteiger partial charge in [-0.1, -0.05) is 0 Å². The Hall–Kier alpha value is -0.944. The van der Waals surface area contributed by atoms with Crippen LogP contribution in [-0.4, -0.2) is 37.2 Å². The van der Waals surface area contributed by atoms with Crippen LogP contribution in [0.3, 0.4) is 0 Å². The molecule has 0 radical (unpaired) electrons. The predicted octanol–water partition coefficient (Wildman–Crippen LogP) is 2.14. The van der Waals surface area contributed by atoms with Crippen molar-refractivity contribution in [1.82, 2.24) is 0 Å². The quantitative estimate of drug-likeness (QED) is 0.618. The van der Waals surface area contributed by atoms with E-state index in [1.807, 2.05) is 0 Å². The normalized spacial score (nSPS) is 10.7. The molecule has 0 fully saturated rings. The Kier molecular flexibility index (Phi) is 5.76. The summed E-state index contributed by atoms with van der Waals surface area (Å²) in [7, 11) is 0. The van der Waals surface area contributed by atoms with Crippen LogP contribution in [0, 0.1) is 0 Å². The van der Waals surface area contributed by atoms with Crippen molar-refractivity contribution in [1.29, 1.82) is 0 Å². The van der Waals surface area contributed by atoms with Crippen LogP contribution in [0.15, 0.2) is 91.0 Å². The first-order valence-electron chi connectivity index (χ1n) is 6.98. The Morgan fingerprint density at radius 1 is 0.476 bits per heavy atom. The zero-order valence-electron chi connectivity index (χ0n) is 11.7. The van der Waals surface area contributed by atoms with E-state index in [-0.39, 0.29) is 18.9 Å². The topological polar surface area (TPSA) is 0 Å². The number of rotatable bonds is 3. The van der Waals surface area contributed by atoms with Gasteiger partial charge >= 0.3 is 144 Å². The molecule has 100 valence electrons. The molecule has 0 amide bonds. The molecule has 0 spiro atoms. The third kappa shape index (κ3) is 3.29. The SMILES string of the molecule is [CH3][Sn]([c]1ccccc1)([c]1ccccc1)[c]1ccccc1.[LiH]. The zero-order chi connectivity index (χ0) is 13.8. The van der Waals surface area contributed by atoms with Crippen molar-refractivity contribution in [3.63, 3.8) is 0 Å². The molecule has 0 aliphatic carbocycles. The van der Waals surface area contributed by atoms with E-state index in [9.17, 15) is 0 Å². The second-order valence-electron chi connectivity index (χ2n) is 5.22. The summed E-state index contributed by atoms with van der Waals surface area (Å²) < 4.78 is 4.58. The third-order valence-electron chi connectivity index (χ3n) is 4.05. The summed E-state index contributed by atoms with van der Waals surface area (Å²) in [4.78, 5) is 2.51. The molecular weight excluding hydrogens is 354 g/mol. The van der Waals surface area contributed by atoms with Crippen molar-refractivity contribution in [2.75, 3.05) is 0 Å². The molecule has 0 aromatic heterocycles. The molecule has 0 saturated heterocycles. The van der Waals surface area contributed by atoms with Crippen LogP contribution < -0.4 is 10.7 Å². The molecule has 0 nitrogen and oxygen atoms in total. The third-order valence-corrected chi connectivity index (χ3v) is 16.8. The molecular formula is C19H19LiSn. The van der Waals surface area contributed by atoms with Crippen molar-refractivity contribution in [3.05, 3.63) is 91.0 Å². The Morgan fingerprint density at radius 2 is 0.714 bits per heavy atom. The monoisotopic (exact) mass is 374 g/mol. The van der Waals surface area contributed by atoms with Gasteiger partial charge in [0.05, 0.1) is 0 Å². The average molecular weight is 373 g/mol. The summed E-state index contributed by atoms with van der Waals surface area (Å²) >= 11 is -2.78. The van der Waals surface area contributed by atoms with E-state index in [0.29, 0.717) is 0 Å². The minimum absolute atomic E-state index is 0. The predicted molar refractivity (Wildman–Crippen MR) is 97.0 cm³/mol. The molecule has 0 aliphatic heterocycles. The van der Waals surface area contributed by atoms with E-state index in [1.165, 1.54) is 10.7 Å². The Balaban J connectivity index is 0.00000161. The van der Waals surface area contributed by atoms with Gasteiger partial charge in [0.1, 0.15) is 0 Å². The first-order valence-corrected chi connectivity index (χ1v) is 14.1. The zero-order valence-corrected chi connectivity index (χ0v) is 14.5. The van der Waals surface area contributed by atoms with Crippen LogP contribution in [0.4, 0.5) is 0 Å². The van der Waals surface area contributed by atoms with Gasteiger partial charge in [-0.15, -0.1) is 0 Å². The number of hydrogen-bond acceptors (Lipinski definition) is 0. The summed E-state index contributed by atoms with van der Waals surface area (Å²) in [5, 5.41) is 0. The molecule has 3 rings (SSSR count).